The SMILES string of the molecule is C[SiH](C)CC(C)(C)CC(C)(C)O[Si](C)(C)C. The van der Waals surface area contributed by atoms with Crippen LogP contribution in [0.25, 0.3) is 0 Å². The Bertz CT molecular complexity index is 214. The first-order valence-corrected chi connectivity index (χ1v) is 13.1. The summed E-state index contributed by atoms with van der Waals surface area (Å²) in [6, 6.07) is 1.41. The quantitative estimate of drug-likeness (QED) is 0.638. The Labute approximate surface area is 106 Å². The molecule has 0 fully saturated rings. The maximum atomic E-state index is 6.30. The zero-order valence-corrected chi connectivity index (χ0v) is 15.1. The van der Waals surface area contributed by atoms with Crippen LogP contribution < -0.4 is 0 Å². The van der Waals surface area contributed by atoms with E-state index in [1.165, 1.54) is 12.5 Å². The van der Waals surface area contributed by atoms with Crippen LogP contribution in [0.2, 0.25) is 38.8 Å². The zero-order chi connectivity index (χ0) is 13.2. The molecule has 1 nitrogen and oxygen atoms in total. The van der Waals surface area contributed by atoms with Gasteiger partial charge in [-0.2, -0.15) is 0 Å². The van der Waals surface area contributed by atoms with Crippen LogP contribution in [0.15, 0.2) is 0 Å². The van der Waals surface area contributed by atoms with E-state index in [2.05, 4.69) is 60.4 Å². The second kappa shape index (κ2) is 5.36. The van der Waals surface area contributed by atoms with Gasteiger partial charge in [0.25, 0.3) is 0 Å². The molecule has 0 aromatic carbocycles. The highest BCUT2D eigenvalue weighted by Crippen LogP contribution is 2.36. The second-order valence-corrected chi connectivity index (χ2v) is 15.5. The Morgan fingerprint density at radius 2 is 1.44 bits per heavy atom. The first kappa shape index (κ1) is 16.4. The minimum atomic E-state index is -1.42. The summed E-state index contributed by atoms with van der Waals surface area (Å²) in [5.41, 5.74) is 0.473. The minimum absolute atomic E-state index is 0.0390. The summed E-state index contributed by atoms with van der Waals surface area (Å²) in [5, 5.41) is 0. The molecule has 0 unspecified atom stereocenters. The van der Waals surface area contributed by atoms with Gasteiger partial charge < -0.3 is 4.43 Å². The molecule has 0 radical (unpaired) electrons. The molecule has 0 N–H and O–H groups in total. The second-order valence-electron chi connectivity index (χ2n) is 7.91. The van der Waals surface area contributed by atoms with Gasteiger partial charge in [0.15, 0.2) is 8.32 Å². The van der Waals surface area contributed by atoms with Crippen LogP contribution in [0.5, 0.6) is 0 Å². The lowest BCUT2D eigenvalue weighted by atomic mass is 9.83. The van der Waals surface area contributed by atoms with Gasteiger partial charge in [-0.25, -0.2) is 0 Å². The molecule has 0 saturated heterocycles. The average molecular weight is 261 g/mol. The summed E-state index contributed by atoms with van der Waals surface area (Å²) in [5.74, 6) is 0. The fraction of sp³-hybridized carbons (Fsp3) is 1.00. The molecule has 0 aromatic heterocycles. The predicted octanol–water partition coefficient (Wildman–Crippen LogP) is 4.52. The highest BCUT2D eigenvalue weighted by Gasteiger charge is 2.33. The Morgan fingerprint density at radius 3 is 1.75 bits per heavy atom. The minimum Gasteiger partial charge on any atom is -0.413 e. The van der Waals surface area contributed by atoms with E-state index in [0.29, 0.717) is 5.41 Å². The van der Waals surface area contributed by atoms with Crippen molar-refractivity contribution in [2.45, 2.75) is 78.5 Å². The number of hydrogen-bond donors (Lipinski definition) is 0. The summed E-state index contributed by atoms with van der Waals surface area (Å²) >= 11 is 0. The van der Waals surface area contributed by atoms with Gasteiger partial charge in [0.05, 0.1) is 5.60 Å². The molecule has 0 heterocycles. The molecule has 16 heavy (non-hydrogen) atoms. The van der Waals surface area contributed by atoms with Crippen LogP contribution in [-0.4, -0.2) is 22.7 Å². The van der Waals surface area contributed by atoms with Gasteiger partial charge in [-0.1, -0.05) is 33.0 Å². The predicted molar refractivity (Wildman–Crippen MR) is 80.6 cm³/mol. The van der Waals surface area contributed by atoms with Crippen molar-refractivity contribution in [1.82, 2.24) is 0 Å². The van der Waals surface area contributed by atoms with Crippen LogP contribution in [0.1, 0.15) is 34.1 Å². The Balaban J connectivity index is 4.45. The van der Waals surface area contributed by atoms with Gasteiger partial charge in [-0.3, -0.25) is 0 Å². The van der Waals surface area contributed by atoms with Gasteiger partial charge in [-0.15, -0.1) is 0 Å². The van der Waals surface area contributed by atoms with Crippen LogP contribution >= 0.6 is 0 Å². The summed E-state index contributed by atoms with van der Waals surface area (Å²) in [6.07, 6.45) is 1.18. The lowest BCUT2D eigenvalue weighted by Gasteiger charge is -2.39. The molecule has 0 aromatic rings. The van der Waals surface area contributed by atoms with Crippen molar-refractivity contribution in [1.29, 1.82) is 0 Å². The monoisotopic (exact) mass is 260 g/mol. The van der Waals surface area contributed by atoms with Crippen molar-refractivity contribution >= 4 is 17.1 Å². The van der Waals surface area contributed by atoms with Crippen molar-refractivity contribution in [3.8, 4) is 0 Å². The van der Waals surface area contributed by atoms with Crippen LogP contribution in [0, 0.1) is 5.41 Å². The highest BCUT2D eigenvalue weighted by atomic mass is 28.4. The topological polar surface area (TPSA) is 9.23 Å². The van der Waals surface area contributed by atoms with E-state index in [9.17, 15) is 0 Å². The van der Waals surface area contributed by atoms with Crippen molar-refractivity contribution in [2.24, 2.45) is 5.41 Å². The third kappa shape index (κ3) is 8.53. The zero-order valence-electron chi connectivity index (χ0n) is 12.9. The first-order valence-electron chi connectivity index (χ1n) is 6.53. The fourth-order valence-electron chi connectivity index (χ4n) is 3.19. The van der Waals surface area contributed by atoms with Gasteiger partial charge in [-0.05, 0) is 45.3 Å². The molecular formula is C13H32OSi2. The molecule has 98 valence electrons. The van der Waals surface area contributed by atoms with Gasteiger partial charge >= 0.3 is 0 Å². The maximum Gasteiger partial charge on any atom is 0.184 e. The van der Waals surface area contributed by atoms with Crippen LogP contribution in [0.4, 0.5) is 0 Å². The van der Waals surface area contributed by atoms with Crippen molar-refractivity contribution < 1.29 is 4.43 Å². The maximum absolute atomic E-state index is 6.30. The molecule has 0 amide bonds. The number of hydrogen-bond acceptors (Lipinski definition) is 1. The standard InChI is InChI=1S/C13H32OSi2/c1-12(2,11-15(5)6)10-13(3,4)14-16(7,8)9/h15H,10-11H2,1-9H3. The van der Waals surface area contributed by atoms with Crippen molar-refractivity contribution in [3.05, 3.63) is 0 Å². The Kier molecular flexibility index (Phi) is 5.49. The molecule has 0 aliphatic rings. The van der Waals surface area contributed by atoms with E-state index in [-0.39, 0.29) is 5.60 Å². The lowest BCUT2D eigenvalue weighted by molar-refractivity contribution is 0.0548. The third-order valence-electron chi connectivity index (χ3n) is 2.45. The van der Waals surface area contributed by atoms with Crippen molar-refractivity contribution in [2.75, 3.05) is 0 Å². The fourth-order valence-corrected chi connectivity index (χ4v) is 7.28. The van der Waals surface area contributed by atoms with Crippen LogP contribution in [0.3, 0.4) is 0 Å². The Morgan fingerprint density at radius 1 is 1.00 bits per heavy atom. The molecule has 0 saturated carbocycles. The molecule has 0 atom stereocenters. The lowest BCUT2D eigenvalue weighted by Crippen LogP contribution is -2.41. The summed E-state index contributed by atoms with van der Waals surface area (Å²) < 4.78 is 6.30. The normalized spacial score (nSPS) is 14.6. The molecular weight excluding hydrogens is 228 g/mol. The molecule has 0 aliphatic carbocycles. The molecule has 0 bridgehead atoms. The van der Waals surface area contributed by atoms with Gasteiger partial charge in [0, 0.05) is 8.80 Å². The average Bonchev–Trinajstić information content (AvgIpc) is 1.69. The molecule has 3 heteroatoms. The van der Waals surface area contributed by atoms with Gasteiger partial charge in [0.1, 0.15) is 0 Å². The Hall–Kier alpha value is 0.394. The van der Waals surface area contributed by atoms with E-state index in [1.807, 2.05) is 0 Å². The van der Waals surface area contributed by atoms with E-state index in [4.69, 9.17) is 4.43 Å². The van der Waals surface area contributed by atoms with Crippen molar-refractivity contribution in [3.63, 3.8) is 0 Å². The number of rotatable bonds is 6. The third-order valence-corrected chi connectivity index (χ3v) is 5.53. The summed E-state index contributed by atoms with van der Waals surface area (Å²) in [4.78, 5) is 0. The van der Waals surface area contributed by atoms with E-state index in [0.717, 1.165) is 0 Å². The summed E-state index contributed by atoms with van der Waals surface area (Å²) in [7, 11) is -1.90. The van der Waals surface area contributed by atoms with E-state index in [1.54, 1.807) is 0 Å². The first-order chi connectivity index (χ1) is 6.83. The molecule has 0 spiro atoms. The largest absolute Gasteiger partial charge is 0.413 e. The molecule has 0 aliphatic heterocycles. The van der Waals surface area contributed by atoms with E-state index >= 15 is 0 Å². The summed E-state index contributed by atoms with van der Waals surface area (Å²) in [6.45, 7) is 21.0. The molecule has 0 rings (SSSR count). The van der Waals surface area contributed by atoms with Gasteiger partial charge in [0.2, 0.25) is 0 Å². The van der Waals surface area contributed by atoms with Crippen LogP contribution in [-0.2, 0) is 4.43 Å². The smallest absolute Gasteiger partial charge is 0.184 e. The van der Waals surface area contributed by atoms with E-state index < -0.39 is 17.1 Å². The highest BCUT2D eigenvalue weighted by molar-refractivity contribution is 6.69.